The maximum Gasteiger partial charge on any atom is 0.173 e. The molecule has 0 radical (unpaired) electrons. The van der Waals surface area contributed by atoms with Gasteiger partial charge in [0.25, 0.3) is 0 Å². The Hall–Kier alpha value is -1.12. The van der Waals surface area contributed by atoms with E-state index >= 15 is 0 Å². The number of carbonyl (C=O) groups excluding carboxylic acids is 1. The van der Waals surface area contributed by atoms with Crippen LogP contribution in [0.15, 0.2) is 36.4 Å². The van der Waals surface area contributed by atoms with Gasteiger partial charge in [0.2, 0.25) is 0 Å². The molecule has 18 heavy (non-hydrogen) atoms. The Morgan fingerprint density at radius 3 is 2.83 bits per heavy atom. The van der Waals surface area contributed by atoms with Crippen molar-refractivity contribution in [3.05, 3.63) is 58.1 Å². The molecule has 0 atom stereocenters. The van der Waals surface area contributed by atoms with Crippen LogP contribution in [0.2, 0.25) is 5.02 Å². The van der Waals surface area contributed by atoms with Gasteiger partial charge in [0, 0.05) is 10.6 Å². The van der Waals surface area contributed by atoms with E-state index in [-0.39, 0.29) is 5.78 Å². The average Bonchev–Trinajstić information content (AvgIpc) is 2.74. The zero-order chi connectivity index (χ0) is 12.7. The van der Waals surface area contributed by atoms with Crippen LogP contribution in [0.3, 0.4) is 0 Å². The summed E-state index contributed by atoms with van der Waals surface area (Å²) in [7, 11) is 0. The van der Waals surface area contributed by atoms with Gasteiger partial charge in [-0.1, -0.05) is 51.8 Å². The quantitative estimate of drug-likeness (QED) is 0.502. The van der Waals surface area contributed by atoms with Gasteiger partial charge in [0.05, 0.1) is 5.33 Å². The SMILES string of the molecule is O=C(CBr)c1cccc2c1Cc1cc(Cl)ccc1-2. The highest BCUT2D eigenvalue weighted by Crippen LogP contribution is 2.39. The molecule has 0 amide bonds. The fraction of sp³-hybridized carbons (Fsp3) is 0.133. The summed E-state index contributed by atoms with van der Waals surface area (Å²) in [6.07, 6.45) is 0.792. The molecule has 2 aromatic rings. The van der Waals surface area contributed by atoms with Crippen LogP contribution in [0.4, 0.5) is 0 Å². The molecule has 90 valence electrons. The Morgan fingerprint density at radius 2 is 2.06 bits per heavy atom. The molecule has 0 heterocycles. The molecule has 0 fully saturated rings. The van der Waals surface area contributed by atoms with Crippen LogP contribution in [0, 0.1) is 0 Å². The van der Waals surface area contributed by atoms with Gasteiger partial charge in [0.1, 0.15) is 0 Å². The lowest BCUT2D eigenvalue weighted by molar-refractivity contribution is 0.102. The Morgan fingerprint density at radius 1 is 1.22 bits per heavy atom. The van der Waals surface area contributed by atoms with Crippen LogP contribution in [-0.2, 0) is 6.42 Å². The first-order valence-corrected chi connectivity index (χ1v) is 7.20. The van der Waals surface area contributed by atoms with Crippen LogP contribution < -0.4 is 0 Å². The smallest absolute Gasteiger partial charge is 0.173 e. The fourth-order valence-corrected chi connectivity index (χ4v) is 3.02. The van der Waals surface area contributed by atoms with Gasteiger partial charge in [-0.2, -0.15) is 0 Å². The largest absolute Gasteiger partial charge is 0.293 e. The molecule has 0 N–H and O–H groups in total. The predicted octanol–water partition coefficient (Wildman–Crippen LogP) is 4.49. The molecule has 0 saturated carbocycles. The van der Waals surface area contributed by atoms with Crippen molar-refractivity contribution in [3.63, 3.8) is 0 Å². The van der Waals surface area contributed by atoms with Crippen LogP contribution in [0.5, 0.6) is 0 Å². The number of rotatable bonds is 2. The first kappa shape index (κ1) is 11.9. The minimum absolute atomic E-state index is 0.130. The molecule has 0 bridgehead atoms. The van der Waals surface area contributed by atoms with E-state index in [2.05, 4.69) is 22.0 Å². The van der Waals surface area contributed by atoms with E-state index in [1.54, 1.807) is 0 Å². The van der Waals surface area contributed by atoms with Gasteiger partial charge < -0.3 is 0 Å². The molecular weight excluding hydrogens is 312 g/mol. The Labute approximate surface area is 119 Å². The van der Waals surface area contributed by atoms with Crippen LogP contribution in [0.1, 0.15) is 21.5 Å². The lowest BCUT2D eigenvalue weighted by Crippen LogP contribution is -2.04. The van der Waals surface area contributed by atoms with Gasteiger partial charge in [-0.15, -0.1) is 0 Å². The topological polar surface area (TPSA) is 17.1 Å². The normalized spacial score (nSPS) is 12.1. The number of benzene rings is 2. The summed E-state index contributed by atoms with van der Waals surface area (Å²) < 4.78 is 0. The second-order valence-corrected chi connectivity index (χ2v) is 5.36. The minimum atomic E-state index is 0.130. The summed E-state index contributed by atoms with van der Waals surface area (Å²) in [6.45, 7) is 0. The summed E-state index contributed by atoms with van der Waals surface area (Å²) in [5.74, 6) is 0.130. The zero-order valence-corrected chi connectivity index (χ0v) is 11.9. The zero-order valence-electron chi connectivity index (χ0n) is 9.54. The molecule has 1 aliphatic rings. The summed E-state index contributed by atoms with van der Waals surface area (Å²) >= 11 is 9.26. The molecular formula is C15H10BrClO. The van der Waals surface area contributed by atoms with Crippen molar-refractivity contribution in [2.45, 2.75) is 6.42 Å². The maximum atomic E-state index is 11.9. The number of halogens is 2. The van der Waals surface area contributed by atoms with Crippen LogP contribution in [0.25, 0.3) is 11.1 Å². The predicted molar refractivity (Wildman–Crippen MR) is 77.8 cm³/mol. The third-order valence-corrected chi connectivity index (χ3v) is 4.07. The van der Waals surface area contributed by atoms with Crippen molar-refractivity contribution in [2.24, 2.45) is 0 Å². The number of fused-ring (bicyclic) bond motifs is 3. The molecule has 1 aliphatic carbocycles. The number of hydrogen-bond acceptors (Lipinski definition) is 1. The van der Waals surface area contributed by atoms with Crippen LogP contribution in [-0.4, -0.2) is 11.1 Å². The van der Waals surface area contributed by atoms with E-state index in [1.165, 1.54) is 11.1 Å². The summed E-state index contributed by atoms with van der Waals surface area (Å²) in [5.41, 5.74) is 5.50. The lowest BCUT2D eigenvalue weighted by atomic mass is 9.99. The molecule has 0 saturated heterocycles. The van der Waals surface area contributed by atoms with Crippen molar-refractivity contribution in [1.29, 1.82) is 0 Å². The third-order valence-electron chi connectivity index (χ3n) is 3.32. The highest BCUT2D eigenvalue weighted by molar-refractivity contribution is 9.09. The summed E-state index contributed by atoms with van der Waals surface area (Å²) in [4.78, 5) is 11.9. The van der Waals surface area contributed by atoms with E-state index < -0.39 is 0 Å². The Bertz CT molecular complexity index is 649. The number of hydrogen-bond donors (Lipinski definition) is 0. The molecule has 0 aromatic heterocycles. The van der Waals surface area contributed by atoms with Gasteiger partial charge in [-0.05, 0) is 40.8 Å². The van der Waals surface area contributed by atoms with Gasteiger partial charge >= 0.3 is 0 Å². The third kappa shape index (κ3) is 1.80. The number of ketones is 1. The second kappa shape index (κ2) is 4.52. The van der Waals surface area contributed by atoms with Crippen LogP contribution >= 0.6 is 27.5 Å². The highest BCUT2D eigenvalue weighted by atomic mass is 79.9. The second-order valence-electron chi connectivity index (χ2n) is 4.37. The molecule has 1 nitrogen and oxygen atoms in total. The van der Waals surface area contributed by atoms with Crippen molar-refractivity contribution in [2.75, 3.05) is 5.33 Å². The molecule has 0 aliphatic heterocycles. The molecule has 3 heteroatoms. The van der Waals surface area contributed by atoms with Crippen molar-refractivity contribution in [1.82, 2.24) is 0 Å². The molecule has 3 rings (SSSR count). The fourth-order valence-electron chi connectivity index (χ4n) is 2.52. The van der Waals surface area contributed by atoms with Crippen molar-refractivity contribution in [3.8, 4) is 11.1 Å². The van der Waals surface area contributed by atoms with Crippen molar-refractivity contribution >= 4 is 33.3 Å². The Balaban J connectivity index is 2.19. The molecule has 2 aromatic carbocycles. The first-order valence-electron chi connectivity index (χ1n) is 5.70. The number of carbonyl (C=O) groups is 1. The van der Waals surface area contributed by atoms with E-state index in [0.29, 0.717) is 5.33 Å². The summed E-state index contributed by atoms with van der Waals surface area (Å²) in [6, 6.07) is 11.8. The van der Waals surface area contributed by atoms with Gasteiger partial charge in [0.15, 0.2) is 5.78 Å². The number of alkyl halides is 1. The van der Waals surface area contributed by atoms with E-state index in [9.17, 15) is 4.79 Å². The molecule has 0 unspecified atom stereocenters. The highest BCUT2D eigenvalue weighted by Gasteiger charge is 2.23. The first-order chi connectivity index (χ1) is 8.70. The lowest BCUT2D eigenvalue weighted by Gasteiger charge is -2.05. The molecule has 0 spiro atoms. The average molecular weight is 322 g/mol. The monoisotopic (exact) mass is 320 g/mol. The van der Waals surface area contributed by atoms with E-state index in [1.807, 2.05) is 30.3 Å². The van der Waals surface area contributed by atoms with Gasteiger partial charge in [-0.3, -0.25) is 4.79 Å². The standard InChI is InChI=1S/C15H10BrClO/c16-8-15(18)13-3-1-2-12-11-5-4-10(17)6-9(11)7-14(12)13/h1-6H,7-8H2. The number of Topliss-reactive ketones (excluding diaryl/α,β-unsaturated/α-hetero) is 1. The van der Waals surface area contributed by atoms with Crippen molar-refractivity contribution < 1.29 is 4.79 Å². The Kier molecular flexibility index (Phi) is 3.00. The van der Waals surface area contributed by atoms with E-state index in [4.69, 9.17) is 11.6 Å². The minimum Gasteiger partial charge on any atom is -0.293 e. The maximum absolute atomic E-state index is 11.9. The summed E-state index contributed by atoms with van der Waals surface area (Å²) in [5, 5.41) is 1.11. The van der Waals surface area contributed by atoms with E-state index in [0.717, 1.165) is 28.1 Å². The van der Waals surface area contributed by atoms with Gasteiger partial charge in [-0.25, -0.2) is 0 Å².